The fourth-order valence-corrected chi connectivity index (χ4v) is 3.05. The van der Waals surface area contributed by atoms with E-state index < -0.39 is 17.2 Å². The number of hydrogen-bond acceptors (Lipinski definition) is 5. The fraction of sp³-hybridized carbons (Fsp3) is 0. The van der Waals surface area contributed by atoms with E-state index in [1.165, 1.54) is 18.3 Å². The highest BCUT2D eigenvalue weighted by atomic mass is 35.5. The number of benzene rings is 2. The minimum Gasteiger partial charge on any atom is -0.478 e. The smallest absolute Gasteiger partial charge is 0.349 e. The number of carboxylic acids is 1. The van der Waals surface area contributed by atoms with Crippen LogP contribution in [0.15, 0.2) is 73.7 Å². The van der Waals surface area contributed by atoms with E-state index in [2.05, 4.69) is 10.1 Å². The number of rotatable bonds is 4. The first-order valence-corrected chi connectivity index (χ1v) is 8.73. The normalized spacial score (nSPS) is 11.3. The topological polar surface area (TPSA) is 118 Å². The lowest BCUT2D eigenvalue weighted by Crippen LogP contribution is -2.32. The van der Waals surface area contributed by atoms with Crippen molar-refractivity contribution < 1.29 is 14.3 Å². The van der Waals surface area contributed by atoms with Crippen molar-refractivity contribution in [3.8, 4) is 11.3 Å². The van der Waals surface area contributed by atoms with Gasteiger partial charge in [-0.3, -0.25) is 4.79 Å². The minimum absolute atomic E-state index is 0.0151. The Kier molecular flexibility index (Phi) is 4.61. The van der Waals surface area contributed by atoms with Crippen LogP contribution in [0, 0.1) is 0 Å². The van der Waals surface area contributed by atoms with Crippen LogP contribution in [-0.4, -0.2) is 27.0 Å². The van der Waals surface area contributed by atoms with Crippen LogP contribution in [0.2, 0.25) is 5.02 Å². The largest absolute Gasteiger partial charge is 0.478 e. The van der Waals surface area contributed by atoms with Gasteiger partial charge in [-0.25, -0.2) is 9.59 Å². The Bertz CT molecular complexity index is 1400. The van der Waals surface area contributed by atoms with Crippen LogP contribution in [0.3, 0.4) is 0 Å². The van der Waals surface area contributed by atoms with E-state index in [-0.39, 0.29) is 16.3 Å². The number of carboxylic acid groups (broad SMARTS) is 1. The predicted molar refractivity (Wildman–Crippen MR) is 108 cm³/mol. The summed E-state index contributed by atoms with van der Waals surface area (Å²) >= 11 is 5.98. The van der Waals surface area contributed by atoms with Crippen LogP contribution in [0.25, 0.3) is 22.2 Å². The number of furan rings is 1. The highest BCUT2D eigenvalue weighted by Crippen LogP contribution is 2.27. The summed E-state index contributed by atoms with van der Waals surface area (Å²) in [6, 6.07) is 14.3. The first-order valence-electron chi connectivity index (χ1n) is 8.35. The molecular formula is C20H12ClN3O5. The molecule has 2 aromatic heterocycles. The molecule has 0 saturated heterocycles. The zero-order valence-corrected chi connectivity index (χ0v) is 15.4. The lowest BCUT2D eigenvalue weighted by atomic mass is 10.1. The molecule has 0 bridgehead atoms. The van der Waals surface area contributed by atoms with Crippen LogP contribution < -0.4 is 11.2 Å². The number of nitrogens with one attached hydrogen (secondary N) is 1. The molecule has 0 unspecified atom stereocenters. The molecule has 144 valence electrons. The molecule has 2 aromatic carbocycles. The lowest BCUT2D eigenvalue weighted by Gasteiger charge is -2.01. The first-order chi connectivity index (χ1) is 13.9. The van der Waals surface area contributed by atoms with Crippen LogP contribution in [0.4, 0.5) is 0 Å². The summed E-state index contributed by atoms with van der Waals surface area (Å²) in [5.41, 5.74) is -0.244. The maximum atomic E-state index is 12.5. The molecule has 2 heterocycles. The Hall–Kier alpha value is -3.91. The Morgan fingerprint density at radius 1 is 1.14 bits per heavy atom. The van der Waals surface area contributed by atoms with Gasteiger partial charge in [0.2, 0.25) is 0 Å². The van der Waals surface area contributed by atoms with Gasteiger partial charge in [0.25, 0.3) is 5.56 Å². The quantitative estimate of drug-likeness (QED) is 0.502. The Labute approximate surface area is 167 Å². The summed E-state index contributed by atoms with van der Waals surface area (Å²) in [7, 11) is 0. The number of H-pyrrole nitrogens is 1. The van der Waals surface area contributed by atoms with Gasteiger partial charge in [-0.1, -0.05) is 29.8 Å². The van der Waals surface area contributed by atoms with Gasteiger partial charge in [-0.15, -0.1) is 4.68 Å². The third kappa shape index (κ3) is 3.48. The first kappa shape index (κ1) is 18.5. The Balaban J connectivity index is 1.67. The predicted octanol–water partition coefficient (Wildman–Crippen LogP) is 3.18. The second-order valence-corrected chi connectivity index (χ2v) is 6.45. The standard InChI is InChI=1S/C20H12ClN3O5/c21-15-9-11(5-7-13(15)19(26)27)17-8-6-12(29-17)10-22-24-18(25)14-3-1-2-4-16(14)23-20(24)28/h1-10H,(H,23,28)(H,26,27). The molecule has 4 aromatic rings. The highest BCUT2D eigenvalue weighted by molar-refractivity contribution is 6.33. The molecule has 0 atom stereocenters. The van der Waals surface area contributed by atoms with Gasteiger partial charge >= 0.3 is 11.7 Å². The van der Waals surface area contributed by atoms with Crippen LogP contribution in [0.5, 0.6) is 0 Å². The minimum atomic E-state index is -1.13. The molecule has 0 amide bonds. The molecule has 0 saturated carbocycles. The number of para-hydroxylation sites is 1. The number of aromatic carboxylic acids is 1. The van der Waals surface area contributed by atoms with E-state index in [1.54, 1.807) is 42.5 Å². The van der Waals surface area contributed by atoms with Crippen LogP contribution >= 0.6 is 11.6 Å². The van der Waals surface area contributed by atoms with Crippen molar-refractivity contribution in [2.45, 2.75) is 0 Å². The van der Waals surface area contributed by atoms with Crippen molar-refractivity contribution in [2.24, 2.45) is 5.10 Å². The van der Waals surface area contributed by atoms with Crippen molar-refractivity contribution in [1.82, 2.24) is 9.66 Å². The number of aromatic amines is 1. The third-order valence-electron chi connectivity index (χ3n) is 4.20. The van der Waals surface area contributed by atoms with Gasteiger partial charge < -0.3 is 14.5 Å². The van der Waals surface area contributed by atoms with Crippen LogP contribution in [0.1, 0.15) is 16.1 Å². The summed E-state index contributed by atoms with van der Waals surface area (Å²) in [5.74, 6) is -0.414. The van der Waals surface area contributed by atoms with Gasteiger partial charge in [0, 0.05) is 5.56 Å². The maximum Gasteiger partial charge on any atom is 0.349 e. The van der Waals surface area contributed by atoms with Gasteiger partial charge in [-0.2, -0.15) is 5.10 Å². The van der Waals surface area contributed by atoms with E-state index in [9.17, 15) is 14.4 Å². The average Bonchev–Trinajstić information content (AvgIpc) is 3.16. The van der Waals surface area contributed by atoms with Crippen molar-refractivity contribution >= 4 is 34.7 Å². The zero-order valence-electron chi connectivity index (χ0n) is 14.6. The Morgan fingerprint density at radius 2 is 1.93 bits per heavy atom. The molecule has 29 heavy (non-hydrogen) atoms. The van der Waals surface area contributed by atoms with E-state index >= 15 is 0 Å². The third-order valence-corrected chi connectivity index (χ3v) is 4.51. The zero-order chi connectivity index (χ0) is 20.5. The number of halogens is 1. The van der Waals surface area contributed by atoms with Gasteiger partial charge in [0.15, 0.2) is 0 Å². The van der Waals surface area contributed by atoms with Crippen molar-refractivity contribution in [2.75, 3.05) is 0 Å². The summed E-state index contributed by atoms with van der Waals surface area (Å²) in [5, 5.41) is 13.4. The number of nitrogens with zero attached hydrogens (tertiary/aromatic N) is 2. The summed E-state index contributed by atoms with van der Waals surface area (Å²) < 4.78 is 6.34. The van der Waals surface area contributed by atoms with Crippen molar-refractivity contribution in [3.63, 3.8) is 0 Å². The lowest BCUT2D eigenvalue weighted by molar-refractivity contribution is 0.0697. The van der Waals surface area contributed by atoms with Gasteiger partial charge in [0.05, 0.1) is 27.7 Å². The Morgan fingerprint density at radius 3 is 2.69 bits per heavy atom. The average molecular weight is 410 g/mol. The molecule has 0 aliphatic carbocycles. The molecule has 0 aliphatic heterocycles. The molecule has 0 spiro atoms. The number of aromatic nitrogens is 2. The van der Waals surface area contributed by atoms with Crippen molar-refractivity contribution in [1.29, 1.82) is 0 Å². The second kappa shape index (κ2) is 7.25. The maximum absolute atomic E-state index is 12.5. The molecule has 9 heteroatoms. The molecule has 2 N–H and O–H groups in total. The van der Waals surface area contributed by atoms with Gasteiger partial charge in [-0.05, 0) is 36.4 Å². The molecule has 0 radical (unpaired) electrons. The monoisotopic (exact) mass is 409 g/mol. The summed E-state index contributed by atoms with van der Waals surface area (Å²) in [6.07, 6.45) is 1.24. The van der Waals surface area contributed by atoms with Crippen molar-refractivity contribution in [3.05, 3.63) is 91.8 Å². The van der Waals surface area contributed by atoms with E-state index in [4.69, 9.17) is 21.1 Å². The van der Waals surface area contributed by atoms with E-state index in [1.807, 2.05) is 0 Å². The number of hydrogen-bond donors (Lipinski definition) is 2. The number of fused-ring (bicyclic) bond motifs is 1. The van der Waals surface area contributed by atoms with E-state index in [0.717, 1.165) is 0 Å². The van der Waals surface area contributed by atoms with Crippen LogP contribution in [-0.2, 0) is 0 Å². The van der Waals surface area contributed by atoms with E-state index in [0.29, 0.717) is 26.9 Å². The highest BCUT2D eigenvalue weighted by Gasteiger charge is 2.12. The SMILES string of the molecule is O=C(O)c1ccc(-c2ccc(C=Nn3c(=O)[nH]c4ccccc4c3=O)o2)cc1Cl. The molecule has 4 rings (SSSR count). The summed E-state index contributed by atoms with van der Waals surface area (Å²) in [4.78, 5) is 38.2. The second-order valence-electron chi connectivity index (χ2n) is 6.04. The molecule has 0 fully saturated rings. The summed E-state index contributed by atoms with van der Waals surface area (Å²) in [6.45, 7) is 0. The molecule has 0 aliphatic rings. The van der Waals surface area contributed by atoms with Gasteiger partial charge in [0.1, 0.15) is 11.5 Å². The molecule has 8 nitrogen and oxygen atoms in total. The number of carbonyl (C=O) groups is 1. The fourth-order valence-electron chi connectivity index (χ4n) is 2.79. The molecular weight excluding hydrogens is 398 g/mol.